The first-order valence-corrected chi connectivity index (χ1v) is 13.4. The second kappa shape index (κ2) is 10.4. The predicted molar refractivity (Wildman–Crippen MR) is 132 cm³/mol. The summed E-state index contributed by atoms with van der Waals surface area (Å²) >= 11 is 0. The van der Waals surface area contributed by atoms with Crippen LogP contribution in [0.15, 0.2) is 54.7 Å². The van der Waals surface area contributed by atoms with Gasteiger partial charge in [-0.2, -0.15) is 13.2 Å². The van der Waals surface area contributed by atoms with Crippen LogP contribution in [0.1, 0.15) is 12.0 Å². The molecule has 1 aliphatic heterocycles. The molecule has 0 radical (unpaired) electrons. The number of hydrogen-bond donors (Lipinski definition) is 2. The van der Waals surface area contributed by atoms with Gasteiger partial charge in [-0.05, 0) is 54.9 Å². The van der Waals surface area contributed by atoms with Crippen LogP contribution in [0.3, 0.4) is 0 Å². The molecular formula is C25H22F5N4O2P. The average molecular weight is 536 g/mol. The number of alkyl halides is 3. The summed E-state index contributed by atoms with van der Waals surface area (Å²) in [6.07, 6.45) is -3.88. The molecule has 37 heavy (non-hydrogen) atoms. The quantitative estimate of drug-likeness (QED) is 0.342. The normalized spacial score (nSPS) is 15.8. The zero-order chi connectivity index (χ0) is 26.9. The van der Waals surface area contributed by atoms with Gasteiger partial charge in [0.1, 0.15) is 11.9 Å². The summed E-state index contributed by atoms with van der Waals surface area (Å²) in [5.41, 5.74) is -0.540. The molecule has 1 atom stereocenters. The van der Waals surface area contributed by atoms with Crippen molar-refractivity contribution in [1.82, 2.24) is 10.3 Å². The number of nitrogens with zero attached hydrogens (tertiary/aromatic N) is 2. The van der Waals surface area contributed by atoms with Gasteiger partial charge in [0.15, 0.2) is 11.6 Å². The van der Waals surface area contributed by atoms with Crippen molar-refractivity contribution in [2.45, 2.75) is 18.6 Å². The lowest BCUT2D eigenvalue weighted by atomic mass is 10.0. The first kappa shape index (κ1) is 26.5. The molecule has 0 bridgehead atoms. The van der Waals surface area contributed by atoms with Crippen LogP contribution < -0.4 is 20.8 Å². The molecule has 4 rings (SSSR count). The largest absolute Gasteiger partial charge is 0.417 e. The van der Waals surface area contributed by atoms with Gasteiger partial charge in [0.25, 0.3) is 0 Å². The summed E-state index contributed by atoms with van der Waals surface area (Å²) in [7, 11) is -0.580. The van der Waals surface area contributed by atoms with Crippen molar-refractivity contribution in [3.63, 3.8) is 0 Å². The van der Waals surface area contributed by atoms with E-state index in [-0.39, 0.29) is 30.0 Å². The maximum Gasteiger partial charge on any atom is 0.417 e. The summed E-state index contributed by atoms with van der Waals surface area (Å²) in [5, 5.41) is 5.56. The molecule has 1 fully saturated rings. The van der Waals surface area contributed by atoms with Crippen molar-refractivity contribution in [1.29, 1.82) is 0 Å². The van der Waals surface area contributed by atoms with Crippen LogP contribution in [0.5, 0.6) is 0 Å². The lowest BCUT2D eigenvalue weighted by Gasteiger charge is -2.20. The molecule has 0 aliphatic carbocycles. The van der Waals surface area contributed by atoms with Crippen molar-refractivity contribution in [3.05, 3.63) is 71.9 Å². The molecule has 194 valence electrons. The van der Waals surface area contributed by atoms with Gasteiger partial charge in [0.05, 0.1) is 11.3 Å². The van der Waals surface area contributed by atoms with E-state index < -0.39 is 49.3 Å². The third-order valence-corrected chi connectivity index (χ3v) is 7.23. The van der Waals surface area contributed by atoms with Crippen LogP contribution in [0.25, 0.3) is 11.1 Å². The van der Waals surface area contributed by atoms with Gasteiger partial charge in [0, 0.05) is 18.3 Å². The molecule has 2 N–H and O–H groups in total. The van der Waals surface area contributed by atoms with Crippen molar-refractivity contribution in [3.8, 4) is 11.1 Å². The summed E-state index contributed by atoms with van der Waals surface area (Å²) in [6, 6.07) is 9.77. The van der Waals surface area contributed by atoms with Gasteiger partial charge < -0.3 is 10.2 Å². The van der Waals surface area contributed by atoms with Crippen molar-refractivity contribution >= 4 is 36.7 Å². The molecule has 2 heterocycles. The van der Waals surface area contributed by atoms with Crippen LogP contribution >= 0.6 is 7.92 Å². The average Bonchev–Trinajstić information content (AvgIpc) is 3.20. The number of pyridine rings is 1. The van der Waals surface area contributed by atoms with Gasteiger partial charge in [0.2, 0.25) is 5.91 Å². The standard InChI is InChI=1S/C25H22F5N4O2P/c1-37(2)19-6-4-3-5-15(19)16-8-9-18(22(27)21(16)26)34-12-11-17(23(34)35)32-24(36)33-20-10-7-14(13-31-20)25(28,29)30/h3-10,13,17H,11-12H2,1-2H3,(H2,31,32,33,36). The SMILES string of the molecule is CP(C)c1ccccc1-c1ccc(N2CCC(NC(=O)Nc3ccc(C(F)(F)F)cn3)C2=O)c(F)c1F. The maximum absolute atomic E-state index is 15.2. The molecule has 0 saturated carbocycles. The molecule has 1 aromatic heterocycles. The summed E-state index contributed by atoms with van der Waals surface area (Å²) in [5.74, 6) is -3.04. The maximum atomic E-state index is 15.2. The minimum absolute atomic E-state index is 0.0316. The Balaban J connectivity index is 1.47. The van der Waals surface area contributed by atoms with Gasteiger partial charge >= 0.3 is 12.2 Å². The zero-order valence-electron chi connectivity index (χ0n) is 19.7. The van der Waals surface area contributed by atoms with E-state index in [9.17, 15) is 22.8 Å². The van der Waals surface area contributed by atoms with E-state index in [1.807, 2.05) is 25.5 Å². The lowest BCUT2D eigenvalue weighted by molar-refractivity contribution is -0.137. The molecule has 3 amide bonds. The van der Waals surface area contributed by atoms with Crippen LogP contribution in [-0.4, -0.2) is 42.8 Å². The number of hydrogen-bond acceptors (Lipinski definition) is 3. The zero-order valence-corrected chi connectivity index (χ0v) is 20.6. The highest BCUT2D eigenvalue weighted by Gasteiger charge is 2.36. The number of benzene rings is 2. The molecule has 3 aromatic rings. The molecule has 2 aromatic carbocycles. The Kier molecular flexibility index (Phi) is 7.45. The van der Waals surface area contributed by atoms with E-state index in [1.54, 1.807) is 12.1 Å². The number of amides is 3. The molecule has 1 unspecified atom stereocenters. The Morgan fingerprint density at radius 1 is 1.03 bits per heavy atom. The van der Waals surface area contributed by atoms with E-state index in [2.05, 4.69) is 15.6 Å². The van der Waals surface area contributed by atoms with E-state index in [1.165, 1.54) is 12.1 Å². The monoisotopic (exact) mass is 536 g/mol. The van der Waals surface area contributed by atoms with E-state index in [0.29, 0.717) is 11.8 Å². The first-order valence-electron chi connectivity index (χ1n) is 11.1. The van der Waals surface area contributed by atoms with Crippen LogP contribution in [0.2, 0.25) is 0 Å². The summed E-state index contributed by atoms with van der Waals surface area (Å²) in [6.45, 7) is 4.05. The second-order valence-corrected chi connectivity index (χ2v) is 10.8. The van der Waals surface area contributed by atoms with Gasteiger partial charge in [-0.3, -0.25) is 10.1 Å². The Labute approximate surface area is 210 Å². The minimum Gasteiger partial charge on any atom is -0.326 e. The van der Waals surface area contributed by atoms with E-state index in [0.717, 1.165) is 22.3 Å². The lowest BCUT2D eigenvalue weighted by Crippen LogP contribution is -2.43. The van der Waals surface area contributed by atoms with E-state index in [4.69, 9.17) is 0 Å². The summed E-state index contributed by atoms with van der Waals surface area (Å²) < 4.78 is 68.3. The van der Waals surface area contributed by atoms with Crippen LogP contribution in [-0.2, 0) is 11.0 Å². The number of carbonyl (C=O) groups is 2. The molecule has 1 aliphatic rings. The number of anilines is 2. The van der Waals surface area contributed by atoms with Gasteiger partial charge in [-0.15, -0.1) is 0 Å². The topological polar surface area (TPSA) is 74.3 Å². The number of rotatable bonds is 5. The third-order valence-electron chi connectivity index (χ3n) is 5.87. The van der Waals surface area contributed by atoms with Crippen molar-refractivity contribution in [2.24, 2.45) is 0 Å². The molecule has 1 saturated heterocycles. The van der Waals surface area contributed by atoms with Crippen LogP contribution in [0.4, 0.5) is 38.3 Å². The molecule has 6 nitrogen and oxygen atoms in total. The molecule has 0 spiro atoms. The number of halogens is 5. The Bertz CT molecular complexity index is 1330. The van der Waals surface area contributed by atoms with Gasteiger partial charge in [-0.25, -0.2) is 18.6 Å². The minimum atomic E-state index is -4.57. The molecule has 12 heteroatoms. The van der Waals surface area contributed by atoms with Crippen molar-refractivity contribution < 1.29 is 31.5 Å². The Hall–Kier alpha value is -3.59. The number of urea groups is 1. The van der Waals surface area contributed by atoms with Crippen LogP contribution in [0, 0.1) is 11.6 Å². The highest BCUT2D eigenvalue weighted by atomic mass is 31.1. The smallest absolute Gasteiger partial charge is 0.326 e. The molecular weight excluding hydrogens is 514 g/mol. The fourth-order valence-electron chi connectivity index (χ4n) is 4.05. The highest BCUT2D eigenvalue weighted by Crippen LogP contribution is 2.36. The second-order valence-electron chi connectivity index (χ2n) is 8.53. The fourth-order valence-corrected chi connectivity index (χ4v) is 5.11. The third kappa shape index (κ3) is 5.56. The predicted octanol–water partition coefficient (Wildman–Crippen LogP) is 5.34. The summed E-state index contributed by atoms with van der Waals surface area (Å²) in [4.78, 5) is 29.7. The fraction of sp³-hybridized carbons (Fsp3) is 0.240. The first-order chi connectivity index (χ1) is 17.5. The number of nitrogens with one attached hydrogen (secondary N) is 2. The number of aromatic nitrogens is 1. The Morgan fingerprint density at radius 2 is 1.76 bits per heavy atom. The Morgan fingerprint density at radius 3 is 2.41 bits per heavy atom. The number of carbonyl (C=O) groups excluding carboxylic acids is 2. The van der Waals surface area contributed by atoms with E-state index >= 15 is 8.78 Å². The van der Waals surface area contributed by atoms with Gasteiger partial charge in [-0.1, -0.05) is 32.2 Å². The highest BCUT2D eigenvalue weighted by molar-refractivity contribution is 7.64. The van der Waals surface area contributed by atoms with Crippen molar-refractivity contribution in [2.75, 3.05) is 30.1 Å².